The van der Waals surface area contributed by atoms with E-state index in [1.165, 1.54) is 27.4 Å². The standard InChI is InChI=1S/C27H31BrCl2N4O4S/c1-17(2)32-16-25-33(39(37,38)24-10-9-20(29)14-21(24)30)15-23(31-11-3-4-12-31)27(36)34(25)22(26(32)35)13-18-5-7-19(28)8-6-18/h5-10,14,17,22-23,25H,3-4,11-13,15-16H2,1-2H3. The van der Waals surface area contributed by atoms with Crippen LogP contribution in [0, 0.1) is 0 Å². The van der Waals surface area contributed by atoms with Gasteiger partial charge in [0.2, 0.25) is 21.8 Å². The van der Waals surface area contributed by atoms with Crippen LogP contribution in [0.25, 0.3) is 0 Å². The second-order valence-electron chi connectivity index (χ2n) is 10.6. The summed E-state index contributed by atoms with van der Waals surface area (Å²) in [4.78, 5) is 33.3. The van der Waals surface area contributed by atoms with Gasteiger partial charge in [0.1, 0.15) is 23.1 Å². The van der Waals surface area contributed by atoms with E-state index in [9.17, 15) is 18.0 Å². The van der Waals surface area contributed by atoms with E-state index in [2.05, 4.69) is 15.9 Å². The van der Waals surface area contributed by atoms with Crippen LogP contribution in [0.5, 0.6) is 0 Å². The molecule has 3 atom stereocenters. The van der Waals surface area contributed by atoms with Gasteiger partial charge in [-0.1, -0.05) is 51.3 Å². The lowest BCUT2D eigenvalue weighted by atomic mass is 9.96. The maximum atomic E-state index is 14.2. The van der Waals surface area contributed by atoms with Gasteiger partial charge in [0.05, 0.1) is 11.6 Å². The predicted octanol–water partition coefficient (Wildman–Crippen LogP) is 4.24. The molecule has 3 unspecified atom stereocenters. The summed E-state index contributed by atoms with van der Waals surface area (Å²) in [6.07, 6.45) is 1.28. The number of hydrogen-bond donors (Lipinski definition) is 0. The maximum Gasteiger partial charge on any atom is 0.246 e. The molecule has 0 aromatic heterocycles. The Morgan fingerprint density at radius 1 is 0.974 bits per heavy atom. The molecule has 3 heterocycles. The number of benzene rings is 2. The van der Waals surface area contributed by atoms with E-state index in [1.807, 2.05) is 43.0 Å². The third kappa shape index (κ3) is 5.48. The van der Waals surface area contributed by atoms with Crippen molar-refractivity contribution in [1.82, 2.24) is 19.0 Å². The summed E-state index contributed by atoms with van der Waals surface area (Å²) in [6.45, 7) is 5.28. The SMILES string of the molecule is CC(C)N1CC2N(C(=O)C(N3CCCC3)CN2S(=O)(=O)c2ccc(Cl)cc2Cl)C(Cc2ccc(Br)cc2)C1=O. The Kier molecular flexibility index (Phi) is 8.35. The molecular weight excluding hydrogens is 627 g/mol. The molecule has 0 spiro atoms. The van der Waals surface area contributed by atoms with Gasteiger partial charge in [-0.05, 0) is 75.7 Å². The van der Waals surface area contributed by atoms with Gasteiger partial charge in [-0.25, -0.2) is 8.42 Å². The maximum absolute atomic E-state index is 14.2. The fourth-order valence-electron chi connectivity index (χ4n) is 5.83. The van der Waals surface area contributed by atoms with E-state index in [0.29, 0.717) is 18.1 Å². The van der Waals surface area contributed by atoms with Crippen molar-refractivity contribution >= 4 is 61.0 Å². The Balaban J connectivity index is 1.62. The second-order valence-corrected chi connectivity index (χ2v) is 14.2. The average Bonchev–Trinajstić information content (AvgIpc) is 3.41. The molecule has 8 nitrogen and oxygen atoms in total. The summed E-state index contributed by atoms with van der Waals surface area (Å²) in [5.74, 6) is -0.379. The first-order valence-electron chi connectivity index (χ1n) is 13.1. The quantitative estimate of drug-likeness (QED) is 0.464. The largest absolute Gasteiger partial charge is 0.335 e. The molecule has 0 bridgehead atoms. The van der Waals surface area contributed by atoms with Gasteiger partial charge >= 0.3 is 0 Å². The number of amides is 2. The molecule has 0 saturated carbocycles. The van der Waals surface area contributed by atoms with E-state index in [0.717, 1.165) is 22.9 Å². The minimum absolute atomic E-state index is 0.00752. The molecule has 0 N–H and O–H groups in total. The van der Waals surface area contributed by atoms with E-state index in [4.69, 9.17) is 23.2 Å². The molecule has 210 valence electrons. The molecule has 39 heavy (non-hydrogen) atoms. The highest BCUT2D eigenvalue weighted by Gasteiger charge is 2.55. The first-order chi connectivity index (χ1) is 18.5. The number of carbonyl (C=O) groups excluding carboxylic acids is 2. The van der Waals surface area contributed by atoms with Crippen LogP contribution in [0.15, 0.2) is 51.8 Å². The number of halogens is 3. The summed E-state index contributed by atoms with van der Waals surface area (Å²) in [5.41, 5.74) is 0.882. The molecule has 3 aliphatic rings. The lowest BCUT2D eigenvalue weighted by molar-refractivity contribution is -0.171. The Bertz CT molecular complexity index is 1370. The minimum atomic E-state index is -4.16. The molecule has 0 radical (unpaired) electrons. The highest BCUT2D eigenvalue weighted by molar-refractivity contribution is 9.10. The number of carbonyl (C=O) groups is 2. The zero-order valence-electron chi connectivity index (χ0n) is 21.8. The Morgan fingerprint density at radius 3 is 2.26 bits per heavy atom. The van der Waals surface area contributed by atoms with Crippen LogP contribution in [-0.2, 0) is 26.0 Å². The predicted molar refractivity (Wildman–Crippen MR) is 154 cm³/mol. The number of likely N-dealkylation sites (tertiary alicyclic amines) is 1. The van der Waals surface area contributed by atoms with Gasteiger partial charge in [-0.3, -0.25) is 14.5 Å². The van der Waals surface area contributed by atoms with Crippen molar-refractivity contribution in [3.8, 4) is 0 Å². The van der Waals surface area contributed by atoms with Crippen molar-refractivity contribution < 1.29 is 18.0 Å². The molecule has 2 aromatic carbocycles. The lowest BCUT2D eigenvalue weighted by Crippen LogP contribution is -2.76. The van der Waals surface area contributed by atoms with Crippen molar-refractivity contribution in [1.29, 1.82) is 0 Å². The van der Waals surface area contributed by atoms with Gasteiger partial charge in [0.25, 0.3) is 0 Å². The zero-order valence-corrected chi connectivity index (χ0v) is 25.7. The topological polar surface area (TPSA) is 81.2 Å². The van der Waals surface area contributed by atoms with E-state index >= 15 is 0 Å². The van der Waals surface area contributed by atoms with Crippen molar-refractivity contribution in [3.63, 3.8) is 0 Å². The second kappa shape index (κ2) is 11.3. The van der Waals surface area contributed by atoms with Gasteiger partial charge in [0, 0.05) is 28.5 Å². The van der Waals surface area contributed by atoms with Crippen LogP contribution in [-0.4, -0.2) is 89.7 Å². The molecule has 2 amide bonds. The number of fused-ring (bicyclic) bond motifs is 1. The summed E-state index contributed by atoms with van der Waals surface area (Å²) in [5, 5.41) is 0.343. The first kappa shape index (κ1) is 28.8. The van der Waals surface area contributed by atoms with Gasteiger partial charge in [-0.15, -0.1) is 0 Å². The summed E-state index contributed by atoms with van der Waals surface area (Å²) in [7, 11) is -4.16. The summed E-state index contributed by atoms with van der Waals surface area (Å²) in [6, 6.07) is 10.2. The molecule has 5 rings (SSSR count). The van der Waals surface area contributed by atoms with E-state index in [-0.39, 0.29) is 47.3 Å². The van der Waals surface area contributed by atoms with E-state index in [1.54, 1.807) is 4.90 Å². The van der Waals surface area contributed by atoms with Crippen LogP contribution in [0.1, 0.15) is 32.3 Å². The number of nitrogens with zero attached hydrogens (tertiary/aromatic N) is 4. The highest BCUT2D eigenvalue weighted by Crippen LogP contribution is 2.36. The third-order valence-corrected chi connectivity index (χ3v) is 10.9. The lowest BCUT2D eigenvalue weighted by Gasteiger charge is -2.55. The number of piperazine rings is 1. The Hall–Kier alpha value is -1.69. The van der Waals surface area contributed by atoms with Crippen molar-refractivity contribution in [2.45, 2.75) is 62.3 Å². The summed E-state index contributed by atoms with van der Waals surface area (Å²) < 4.78 is 30.8. The smallest absolute Gasteiger partial charge is 0.246 e. The van der Waals surface area contributed by atoms with Gasteiger partial charge < -0.3 is 9.80 Å². The highest BCUT2D eigenvalue weighted by atomic mass is 79.9. The average molecular weight is 658 g/mol. The Labute approximate surface area is 248 Å². The minimum Gasteiger partial charge on any atom is -0.335 e. The number of hydrogen-bond acceptors (Lipinski definition) is 5. The van der Waals surface area contributed by atoms with Gasteiger partial charge in [0.15, 0.2) is 0 Å². The zero-order chi connectivity index (χ0) is 28.1. The van der Waals surface area contributed by atoms with Crippen LogP contribution in [0.3, 0.4) is 0 Å². The monoisotopic (exact) mass is 656 g/mol. The van der Waals surface area contributed by atoms with Crippen molar-refractivity contribution in [2.24, 2.45) is 0 Å². The molecular formula is C27H31BrCl2N4O4S. The van der Waals surface area contributed by atoms with Crippen LogP contribution in [0.2, 0.25) is 10.0 Å². The molecule has 3 saturated heterocycles. The van der Waals surface area contributed by atoms with Crippen LogP contribution < -0.4 is 0 Å². The molecule has 12 heteroatoms. The molecule has 3 fully saturated rings. The Morgan fingerprint density at radius 2 is 1.64 bits per heavy atom. The van der Waals surface area contributed by atoms with Gasteiger partial charge in [-0.2, -0.15) is 4.31 Å². The van der Waals surface area contributed by atoms with Crippen molar-refractivity contribution in [2.75, 3.05) is 26.2 Å². The fourth-order valence-corrected chi connectivity index (χ4v) is 8.42. The van der Waals surface area contributed by atoms with Crippen LogP contribution in [0.4, 0.5) is 0 Å². The molecule has 3 aliphatic heterocycles. The van der Waals surface area contributed by atoms with Crippen molar-refractivity contribution in [3.05, 3.63) is 62.5 Å². The van der Waals surface area contributed by atoms with Crippen LogP contribution >= 0.6 is 39.1 Å². The normalized spacial score (nSPS) is 25.0. The fraction of sp³-hybridized carbons (Fsp3) is 0.481. The van der Waals surface area contributed by atoms with E-state index < -0.39 is 28.3 Å². The third-order valence-electron chi connectivity index (χ3n) is 7.84. The number of sulfonamides is 1. The summed E-state index contributed by atoms with van der Waals surface area (Å²) >= 11 is 15.9. The molecule has 0 aliphatic carbocycles. The number of rotatable bonds is 6. The first-order valence-corrected chi connectivity index (χ1v) is 16.1. The molecule has 2 aromatic rings.